The average molecular weight is 253 g/mol. The molecule has 0 bridgehead atoms. The predicted octanol–water partition coefficient (Wildman–Crippen LogP) is 1.04. The maximum Gasteiger partial charge on any atom is 0.323 e. The molecule has 0 aromatic carbocycles. The van der Waals surface area contributed by atoms with Gasteiger partial charge in [-0.25, -0.2) is 0 Å². The summed E-state index contributed by atoms with van der Waals surface area (Å²) in [6.07, 6.45) is 6.92. The van der Waals surface area contributed by atoms with Crippen LogP contribution in [0.25, 0.3) is 0 Å². The number of ether oxygens (including phenoxy) is 1. The first kappa shape index (κ1) is 13.1. The van der Waals surface area contributed by atoms with Gasteiger partial charge in [0.2, 0.25) is 5.91 Å². The molecule has 2 rings (SSSR count). The minimum absolute atomic E-state index is 0.0166. The third-order valence-corrected chi connectivity index (χ3v) is 3.58. The van der Waals surface area contributed by atoms with E-state index in [1.165, 1.54) is 0 Å². The summed E-state index contributed by atoms with van der Waals surface area (Å²) < 4.78 is 5.26. The van der Waals surface area contributed by atoms with E-state index in [2.05, 4.69) is 0 Å². The first-order chi connectivity index (χ1) is 8.68. The number of carbonyl (C=O) groups is 2. The minimum atomic E-state index is -0.944. The lowest BCUT2D eigenvalue weighted by Crippen LogP contribution is -2.48. The van der Waals surface area contributed by atoms with Crippen LogP contribution < -0.4 is 0 Å². The fraction of sp³-hybridized carbons (Fsp3) is 0.692. The molecule has 18 heavy (non-hydrogen) atoms. The predicted molar refractivity (Wildman–Crippen MR) is 65.1 cm³/mol. The number of carbonyl (C=O) groups excluding carboxylic acids is 1. The number of hydrogen-bond donors (Lipinski definition) is 1. The standard InChI is InChI=1S/C13H19NO4/c15-12(16)9-14(11-5-7-18-8-6-11)13(17)10-3-1-2-4-10/h1-2,10-11H,3-9H2,(H,15,16). The van der Waals surface area contributed by atoms with Gasteiger partial charge in [0, 0.05) is 25.2 Å². The lowest BCUT2D eigenvalue weighted by molar-refractivity contribution is -0.149. The SMILES string of the molecule is O=C(O)CN(C(=O)C1CC=CC1)C1CCOCC1. The summed E-state index contributed by atoms with van der Waals surface area (Å²) in [5.41, 5.74) is 0. The van der Waals surface area contributed by atoms with E-state index in [1.54, 1.807) is 4.90 Å². The van der Waals surface area contributed by atoms with E-state index < -0.39 is 5.97 Å². The molecule has 1 N–H and O–H groups in total. The quantitative estimate of drug-likeness (QED) is 0.760. The molecule has 5 nitrogen and oxygen atoms in total. The summed E-state index contributed by atoms with van der Waals surface area (Å²) in [6, 6.07) is 0.0166. The van der Waals surface area contributed by atoms with Crippen LogP contribution in [0.5, 0.6) is 0 Å². The van der Waals surface area contributed by atoms with E-state index in [4.69, 9.17) is 9.84 Å². The Balaban J connectivity index is 2.02. The summed E-state index contributed by atoms with van der Waals surface area (Å²) in [5.74, 6) is -1.03. The van der Waals surface area contributed by atoms with Gasteiger partial charge in [-0.15, -0.1) is 0 Å². The Labute approximate surface area is 106 Å². The molecule has 1 heterocycles. The van der Waals surface area contributed by atoms with Crippen molar-refractivity contribution in [1.29, 1.82) is 0 Å². The Morgan fingerprint density at radius 1 is 1.22 bits per heavy atom. The summed E-state index contributed by atoms with van der Waals surface area (Å²) in [6.45, 7) is 1.02. The molecule has 0 spiro atoms. The highest BCUT2D eigenvalue weighted by atomic mass is 16.5. The number of hydrogen-bond acceptors (Lipinski definition) is 3. The van der Waals surface area contributed by atoms with Gasteiger partial charge < -0.3 is 14.7 Å². The van der Waals surface area contributed by atoms with Crippen LogP contribution in [-0.4, -0.2) is 47.7 Å². The molecule has 0 saturated carbocycles. The van der Waals surface area contributed by atoms with Crippen molar-refractivity contribution >= 4 is 11.9 Å². The van der Waals surface area contributed by atoms with Gasteiger partial charge in [0.15, 0.2) is 0 Å². The third kappa shape index (κ3) is 3.10. The first-order valence-corrected chi connectivity index (χ1v) is 6.43. The van der Waals surface area contributed by atoms with Crippen LogP contribution in [-0.2, 0) is 14.3 Å². The summed E-state index contributed by atoms with van der Waals surface area (Å²) >= 11 is 0. The monoisotopic (exact) mass is 253 g/mol. The highest BCUT2D eigenvalue weighted by molar-refractivity contribution is 5.84. The number of amides is 1. The zero-order chi connectivity index (χ0) is 13.0. The van der Waals surface area contributed by atoms with Crippen molar-refractivity contribution in [3.8, 4) is 0 Å². The number of allylic oxidation sites excluding steroid dienone is 2. The molecule has 0 unspecified atom stereocenters. The Kier molecular flexibility index (Phi) is 4.36. The Morgan fingerprint density at radius 3 is 2.39 bits per heavy atom. The summed E-state index contributed by atoms with van der Waals surface area (Å²) in [5, 5.41) is 8.97. The first-order valence-electron chi connectivity index (χ1n) is 6.43. The molecular formula is C13H19NO4. The molecule has 0 aromatic rings. The fourth-order valence-corrected chi connectivity index (χ4v) is 2.58. The average Bonchev–Trinajstić information content (AvgIpc) is 2.90. The molecule has 2 aliphatic rings. The lowest BCUT2D eigenvalue weighted by atomic mass is 10.0. The number of nitrogens with zero attached hydrogens (tertiary/aromatic N) is 1. The van der Waals surface area contributed by atoms with Crippen LogP contribution in [0.4, 0.5) is 0 Å². The smallest absolute Gasteiger partial charge is 0.323 e. The van der Waals surface area contributed by atoms with Crippen molar-refractivity contribution in [3.05, 3.63) is 12.2 Å². The van der Waals surface area contributed by atoms with Crippen LogP contribution in [0, 0.1) is 5.92 Å². The number of rotatable bonds is 4. The van der Waals surface area contributed by atoms with Gasteiger partial charge in [-0.05, 0) is 25.7 Å². The fourth-order valence-electron chi connectivity index (χ4n) is 2.58. The molecule has 1 fully saturated rings. The summed E-state index contributed by atoms with van der Waals surface area (Å²) in [4.78, 5) is 24.8. The van der Waals surface area contributed by atoms with E-state index >= 15 is 0 Å². The molecule has 1 aliphatic heterocycles. The Bertz CT molecular complexity index is 339. The van der Waals surface area contributed by atoms with Crippen LogP contribution in [0.3, 0.4) is 0 Å². The van der Waals surface area contributed by atoms with E-state index in [1.807, 2.05) is 12.2 Å². The van der Waals surface area contributed by atoms with Gasteiger partial charge in [-0.1, -0.05) is 12.2 Å². The van der Waals surface area contributed by atoms with E-state index in [9.17, 15) is 9.59 Å². The van der Waals surface area contributed by atoms with Crippen molar-refractivity contribution in [2.24, 2.45) is 5.92 Å². The molecule has 1 saturated heterocycles. The highest BCUT2D eigenvalue weighted by Crippen LogP contribution is 2.24. The van der Waals surface area contributed by atoms with Crippen LogP contribution in [0.15, 0.2) is 12.2 Å². The molecular weight excluding hydrogens is 234 g/mol. The molecule has 0 aromatic heterocycles. The van der Waals surface area contributed by atoms with Crippen LogP contribution in [0.1, 0.15) is 25.7 Å². The van der Waals surface area contributed by atoms with Crippen LogP contribution in [0.2, 0.25) is 0 Å². The molecule has 100 valence electrons. The zero-order valence-electron chi connectivity index (χ0n) is 10.4. The van der Waals surface area contributed by atoms with E-state index in [0.717, 1.165) is 25.7 Å². The molecule has 0 atom stereocenters. The molecule has 1 aliphatic carbocycles. The van der Waals surface area contributed by atoms with E-state index in [0.29, 0.717) is 13.2 Å². The Hall–Kier alpha value is -1.36. The second-order valence-corrected chi connectivity index (χ2v) is 4.84. The van der Waals surface area contributed by atoms with Crippen molar-refractivity contribution in [2.45, 2.75) is 31.7 Å². The zero-order valence-corrected chi connectivity index (χ0v) is 10.4. The van der Waals surface area contributed by atoms with Gasteiger partial charge >= 0.3 is 5.97 Å². The van der Waals surface area contributed by atoms with Crippen molar-refractivity contribution in [1.82, 2.24) is 4.90 Å². The lowest BCUT2D eigenvalue weighted by Gasteiger charge is -2.34. The van der Waals surface area contributed by atoms with Crippen molar-refractivity contribution < 1.29 is 19.4 Å². The van der Waals surface area contributed by atoms with Crippen molar-refractivity contribution in [2.75, 3.05) is 19.8 Å². The van der Waals surface area contributed by atoms with Gasteiger partial charge in [0.05, 0.1) is 0 Å². The highest BCUT2D eigenvalue weighted by Gasteiger charge is 2.32. The van der Waals surface area contributed by atoms with Crippen molar-refractivity contribution in [3.63, 3.8) is 0 Å². The maximum absolute atomic E-state index is 12.4. The number of aliphatic carboxylic acids is 1. The number of carboxylic acid groups (broad SMARTS) is 1. The summed E-state index contributed by atoms with van der Waals surface area (Å²) in [7, 11) is 0. The Morgan fingerprint density at radius 2 is 1.83 bits per heavy atom. The third-order valence-electron chi connectivity index (χ3n) is 3.58. The largest absolute Gasteiger partial charge is 0.480 e. The number of carboxylic acids is 1. The molecule has 1 amide bonds. The van der Waals surface area contributed by atoms with Gasteiger partial charge in [0.1, 0.15) is 6.54 Å². The van der Waals surface area contributed by atoms with Gasteiger partial charge in [-0.2, -0.15) is 0 Å². The second kappa shape index (κ2) is 6.00. The maximum atomic E-state index is 12.4. The normalized spacial score (nSPS) is 21.1. The van der Waals surface area contributed by atoms with Gasteiger partial charge in [-0.3, -0.25) is 9.59 Å². The van der Waals surface area contributed by atoms with Crippen LogP contribution >= 0.6 is 0 Å². The molecule has 5 heteroatoms. The second-order valence-electron chi connectivity index (χ2n) is 4.84. The minimum Gasteiger partial charge on any atom is -0.480 e. The van der Waals surface area contributed by atoms with Gasteiger partial charge in [0.25, 0.3) is 0 Å². The van der Waals surface area contributed by atoms with E-state index in [-0.39, 0.29) is 24.4 Å². The topological polar surface area (TPSA) is 66.8 Å². The molecule has 0 radical (unpaired) electrons.